The van der Waals surface area contributed by atoms with Crippen molar-refractivity contribution in [2.24, 2.45) is 5.92 Å². The summed E-state index contributed by atoms with van der Waals surface area (Å²) in [5.74, 6) is -0.870. The lowest BCUT2D eigenvalue weighted by molar-refractivity contribution is -0.141. The van der Waals surface area contributed by atoms with Gasteiger partial charge < -0.3 is 5.11 Å². The van der Waals surface area contributed by atoms with E-state index in [9.17, 15) is 4.79 Å². The third kappa shape index (κ3) is 2.53. The van der Waals surface area contributed by atoms with Gasteiger partial charge in [0.2, 0.25) is 0 Å². The minimum atomic E-state index is -0.675. The van der Waals surface area contributed by atoms with Crippen LogP contribution in [-0.4, -0.2) is 11.1 Å². The van der Waals surface area contributed by atoms with Gasteiger partial charge in [-0.05, 0) is 42.5 Å². The molecule has 0 fully saturated rings. The molecule has 1 aliphatic carbocycles. The van der Waals surface area contributed by atoms with Gasteiger partial charge in [0.15, 0.2) is 0 Å². The van der Waals surface area contributed by atoms with Gasteiger partial charge in [-0.25, -0.2) is 0 Å². The molecule has 1 aromatic rings. The first-order chi connectivity index (χ1) is 7.66. The molecule has 0 spiro atoms. The highest BCUT2D eigenvalue weighted by Crippen LogP contribution is 2.30. The van der Waals surface area contributed by atoms with Crippen molar-refractivity contribution in [1.82, 2.24) is 0 Å². The van der Waals surface area contributed by atoms with E-state index in [1.54, 1.807) is 0 Å². The molecule has 0 amide bonds. The van der Waals surface area contributed by atoms with Gasteiger partial charge >= 0.3 is 5.97 Å². The Balaban J connectivity index is 2.13. The normalized spacial score (nSPS) is 20.3. The van der Waals surface area contributed by atoms with Crippen LogP contribution in [0.4, 0.5) is 0 Å². The number of carboxylic acid groups (broad SMARTS) is 1. The molecule has 0 saturated carbocycles. The quantitative estimate of drug-likeness (QED) is 0.897. The summed E-state index contributed by atoms with van der Waals surface area (Å²) >= 11 is 3.40. The molecule has 84 valence electrons. The van der Waals surface area contributed by atoms with E-state index in [4.69, 9.17) is 5.11 Å². The molecule has 2 nitrogen and oxygen atoms in total. The molecule has 0 aliphatic heterocycles. The lowest BCUT2D eigenvalue weighted by Gasteiger charge is -2.18. The molecule has 0 saturated heterocycles. The molecule has 1 aliphatic rings. The van der Waals surface area contributed by atoms with Crippen molar-refractivity contribution in [3.05, 3.63) is 40.4 Å². The molecule has 0 aromatic heterocycles. The van der Waals surface area contributed by atoms with Crippen molar-refractivity contribution >= 4 is 27.5 Å². The highest BCUT2D eigenvalue weighted by Gasteiger charge is 2.20. The monoisotopic (exact) mass is 280 g/mol. The Bertz CT molecular complexity index is 420. The Kier molecular flexibility index (Phi) is 3.44. The number of halogens is 1. The highest BCUT2D eigenvalue weighted by atomic mass is 79.9. The van der Waals surface area contributed by atoms with Crippen LogP contribution < -0.4 is 0 Å². The number of hydrogen-bond acceptors (Lipinski definition) is 1. The first kappa shape index (κ1) is 11.4. The first-order valence-electron chi connectivity index (χ1n) is 5.34. The Morgan fingerprint density at radius 1 is 1.31 bits per heavy atom. The molecule has 16 heavy (non-hydrogen) atoms. The van der Waals surface area contributed by atoms with E-state index in [2.05, 4.69) is 34.1 Å². The van der Waals surface area contributed by atoms with Crippen molar-refractivity contribution in [2.45, 2.75) is 19.3 Å². The molecule has 1 unspecified atom stereocenters. The van der Waals surface area contributed by atoms with Crippen LogP contribution in [0.1, 0.15) is 24.8 Å². The van der Waals surface area contributed by atoms with Crippen LogP contribution in [0.2, 0.25) is 0 Å². The number of hydrogen-bond donors (Lipinski definition) is 1. The maximum absolute atomic E-state index is 10.8. The predicted molar refractivity (Wildman–Crippen MR) is 67.1 cm³/mol. The summed E-state index contributed by atoms with van der Waals surface area (Å²) in [6.45, 7) is 0. The van der Waals surface area contributed by atoms with E-state index in [1.165, 1.54) is 11.1 Å². The largest absolute Gasteiger partial charge is 0.481 e. The summed E-state index contributed by atoms with van der Waals surface area (Å²) in [5.41, 5.74) is 2.47. The fraction of sp³-hybridized carbons (Fsp3) is 0.308. The van der Waals surface area contributed by atoms with Crippen molar-refractivity contribution < 1.29 is 9.90 Å². The van der Waals surface area contributed by atoms with E-state index >= 15 is 0 Å². The topological polar surface area (TPSA) is 37.3 Å². The Labute approximate surface area is 103 Å². The standard InChI is InChI=1S/C13H13BrO2/c14-12-7-5-10(6-8-12)9-1-3-11(4-2-9)13(15)16/h1,5-8,11H,2-4H2,(H,15,16). The number of carbonyl (C=O) groups is 1. The molecule has 2 rings (SSSR count). The lowest BCUT2D eigenvalue weighted by atomic mass is 9.87. The zero-order valence-electron chi connectivity index (χ0n) is 8.82. The maximum atomic E-state index is 10.8. The second kappa shape index (κ2) is 4.83. The van der Waals surface area contributed by atoms with Crippen molar-refractivity contribution in [3.8, 4) is 0 Å². The zero-order valence-corrected chi connectivity index (χ0v) is 10.4. The summed E-state index contributed by atoms with van der Waals surface area (Å²) < 4.78 is 1.07. The van der Waals surface area contributed by atoms with Crippen molar-refractivity contribution in [1.29, 1.82) is 0 Å². The van der Waals surface area contributed by atoms with E-state index in [0.29, 0.717) is 6.42 Å². The minimum absolute atomic E-state index is 0.195. The van der Waals surface area contributed by atoms with Gasteiger partial charge in [0, 0.05) is 4.47 Å². The fourth-order valence-electron chi connectivity index (χ4n) is 1.98. The minimum Gasteiger partial charge on any atom is -0.481 e. The van der Waals surface area contributed by atoms with Crippen molar-refractivity contribution in [3.63, 3.8) is 0 Å². The highest BCUT2D eigenvalue weighted by molar-refractivity contribution is 9.10. The fourth-order valence-corrected chi connectivity index (χ4v) is 2.25. The molecule has 1 atom stereocenters. The summed E-state index contributed by atoms with van der Waals surface area (Å²) in [4.78, 5) is 10.8. The number of rotatable bonds is 2. The van der Waals surface area contributed by atoms with Gasteiger partial charge in [-0.1, -0.05) is 34.1 Å². The predicted octanol–water partition coefficient (Wildman–Crippen LogP) is 3.72. The molecule has 1 N–H and O–H groups in total. The molecule has 1 aromatic carbocycles. The number of allylic oxidation sites excluding steroid dienone is 2. The Morgan fingerprint density at radius 2 is 2.00 bits per heavy atom. The smallest absolute Gasteiger partial charge is 0.306 e. The van der Waals surface area contributed by atoms with Crippen LogP contribution in [0.5, 0.6) is 0 Å². The van der Waals surface area contributed by atoms with Crippen LogP contribution in [0.3, 0.4) is 0 Å². The molecule has 0 radical (unpaired) electrons. The van der Waals surface area contributed by atoms with Crippen LogP contribution in [0.15, 0.2) is 34.8 Å². The molecular formula is C13H13BrO2. The SMILES string of the molecule is O=C(O)C1CC=C(c2ccc(Br)cc2)CC1. The number of benzene rings is 1. The second-order valence-electron chi connectivity index (χ2n) is 4.05. The third-order valence-corrected chi connectivity index (χ3v) is 3.50. The van der Waals surface area contributed by atoms with Gasteiger partial charge in [0.05, 0.1) is 5.92 Å². The van der Waals surface area contributed by atoms with Gasteiger partial charge in [-0.2, -0.15) is 0 Å². The van der Waals surface area contributed by atoms with Gasteiger partial charge in [-0.15, -0.1) is 0 Å². The summed E-state index contributed by atoms with van der Waals surface area (Å²) in [6, 6.07) is 8.16. The Hall–Kier alpha value is -1.09. The summed E-state index contributed by atoms with van der Waals surface area (Å²) in [5, 5.41) is 8.90. The summed E-state index contributed by atoms with van der Waals surface area (Å²) in [7, 11) is 0. The molecule has 0 heterocycles. The zero-order chi connectivity index (χ0) is 11.5. The van der Waals surface area contributed by atoms with E-state index in [1.807, 2.05) is 12.1 Å². The number of aliphatic carboxylic acids is 1. The maximum Gasteiger partial charge on any atom is 0.306 e. The van der Waals surface area contributed by atoms with E-state index in [-0.39, 0.29) is 5.92 Å². The molecule has 3 heteroatoms. The van der Waals surface area contributed by atoms with Gasteiger partial charge in [-0.3, -0.25) is 4.79 Å². The van der Waals surface area contributed by atoms with E-state index in [0.717, 1.165) is 17.3 Å². The molecular weight excluding hydrogens is 268 g/mol. The first-order valence-corrected chi connectivity index (χ1v) is 6.14. The average molecular weight is 281 g/mol. The van der Waals surface area contributed by atoms with Crippen molar-refractivity contribution in [2.75, 3.05) is 0 Å². The van der Waals surface area contributed by atoms with Gasteiger partial charge in [0.25, 0.3) is 0 Å². The number of carboxylic acids is 1. The lowest BCUT2D eigenvalue weighted by Crippen LogP contribution is -2.15. The van der Waals surface area contributed by atoms with Gasteiger partial charge in [0.1, 0.15) is 0 Å². The third-order valence-electron chi connectivity index (χ3n) is 2.98. The van der Waals surface area contributed by atoms with Crippen LogP contribution in [0, 0.1) is 5.92 Å². The molecule has 0 bridgehead atoms. The second-order valence-corrected chi connectivity index (χ2v) is 4.96. The van der Waals surface area contributed by atoms with Crippen LogP contribution in [-0.2, 0) is 4.79 Å². The van der Waals surface area contributed by atoms with E-state index < -0.39 is 5.97 Å². The Morgan fingerprint density at radius 3 is 2.50 bits per heavy atom. The average Bonchev–Trinajstić information content (AvgIpc) is 2.30. The van der Waals surface area contributed by atoms with Crippen LogP contribution >= 0.6 is 15.9 Å². The summed E-state index contributed by atoms with van der Waals surface area (Å²) in [6.07, 6.45) is 4.32. The van der Waals surface area contributed by atoms with Crippen LogP contribution in [0.25, 0.3) is 5.57 Å².